The van der Waals surface area contributed by atoms with Crippen LogP contribution in [0.15, 0.2) is 24.3 Å². The van der Waals surface area contributed by atoms with E-state index in [1.807, 2.05) is 0 Å². The molecule has 3 heterocycles. The zero-order valence-electron chi connectivity index (χ0n) is 17.1. The molecule has 2 fully saturated rings. The molecule has 0 bridgehead atoms. The summed E-state index contributed by atoms with van der Waals surface area (Å²) in [7, 11) is 0. The first-order valence-corrected chi connectivity index (χ1v) is 9.93. The molecule has 9 heteroatoms. The minimum Gasteiger partial charge on any atom is -0.458 e. The number of rotatable bonds is 2. The van der Waals surface area contributed by atoms with E-state index in [-0.39, 0.29) is 42.8 Å². The minimum absolute atomic E-state index is 0.0111. The average molecular weight is 413 g/mol. The fourth-order valence-corrected chi connectivity index (χ4v) is 4.14. The van der Waals surface area contributed by atoms with Crippen LogP contribution in [0.1, 0.15) is 60.7 Å². The van der Waals surface area contributed by atoms with Crippen molar-refractivity contribution >= 4 is 29.6 Å². The van der Waals surface area contributed by atoms with Crippen LogP contribution in [0.2, 0.25) is 0 Å². The lowest BCUT2D eigenvalue weighted by molar-refractivity contribution is -0.174. The first-order valence-electron chi connectivity index (χ1n) is 9.93. The highest BCUT2D eigenvalue weighted by Crippen LogP contribution is 2.32. The SMILES string of the molecule is CC(C)(C)OC(=O)[C@H]1CCN2C(=O)CC[C@H](N3C(=O)c4ccccc4C3=O)C(=O)N12. The second-order valence-corrected chi connectivity index (χ2v) is 8.62. The van der Waals surface area contributed by atoms with Gasteiger partial charge in [-0.1, -0.05) is 12.1 Å². The number of amides is 4. The van der Waals surface area contributed by atoms with E-state index in [2.05, 4.69) is 0 Å². The van der Waals surface area contributed by atoms with E-state index in [1.165, 1.54) is 17.1 Å². The third-order valence-electron chi connectivity index (χ3n) is 5.42. The highest BCUT2D eigenvalue weighted by atomic mass is 16.6. The van der Waals surface area contributed by atoms with Crippen molar-refractivity contribution in [2.24, 2.45) is 0 Å². The van der Waals surface area contributed by atoms with Gasteiger partial charge in [0.05, 0.1) is 11.1 Å². The van der Waals surface area contributed by atoms with Crippen molar-refractivity contribution in [1.29, 1.82) is 0 Å². The molecule has 4 rings (SSSR count). The van der Waals surface area contributed by atoms with Crippen LogP contribution in [-0.4, -0.2) is 68.7 Å². The number of esters is 1. The molecule has 30 heavy (non-hydrogen) atoms. The lowest BCUT2D eigenvalue weighted by atomic mass is 10.1. The molecule has 4 amide bonds. The molecular formula is C21H23N3O6. The summed E-state index contributed by atoms with van der Waals surface area (Å²) >= 11 is 0. The molecule has 0 spiro atoms. The average Bonchev–Trinajstić information content (AvgIpc) is 3.19. The van der Waals surface area contributed by atoms with Crippen molar-refractivity contribution in [3.05, 3.63) is 35.4 Å². The van der Waals surface area contributed by atoms with E-state index in [9.17, 15) is 24.0 Å². The van der Waals surface area contributed by atoms with Crippen LogP contribution >= 0.6 is 0 Å². The van der Waals surface area contributed by atoms with Gasteiger partial charge in [0.1, 0.15) is 11.6 Å². The smallest absolute Gasteiger partial charge is 0.331 e. The van der Waals surface area contributed by atoms with Crippen LogP contribution < -0.4 is 0 Å². The quantitative estimate of drug-likeness (QED) is 0.532. The molecule has 158 valence electrons. The van der Waals surface area contributed by atoms with Gasteiger partial charge in [-0.2, -0.15) is 0 Å². The maximum Gasteiger partial charge on any atom is 0.331 e. The van der Waals surface area contributed by atoms with Gasteiger partial charge in [-0.15, -0.1) is 0 Å². The molecule has 1 aromatic carbocycles. The Labute approximate surface area is 173 Å². The van der Waals surface area contributed by atoms with Crippen LogP contribution in [0.25, 0.3) is 0 Å². The number of fused-ring (bicyclic) bond motifs is 2. The lowest BCUT2D eigenvalue weighted by Crippen LogP contribution is -2.56. The fourth-order valence-electron chi connectivity index (χ4n) is 4.14. The first kappa shape index (κ1) is 20.1. The molecule has 0 radical (unpaired) electrons. The zero-order chi connectivity index (χ0) is 21.8. The lowest BCUT2D eigenvalue weighted by Gasteiger charge is -2.33. The summed E-state index contributed by atoms with van der Waals surface area (Å²) in [4.78, 5) is 65.5. The van der Waals surface area contributed by atoms with E-state index in [0.29, 0.717) is 0 Å². The van der Waals surface area contributed by atoms with E-state index >= 15 is 0 Å². The topological polar surface area (TPSA) is 104 Å². The van der Waals surface area contributed by atoms with Gasteiger partial charge in [0.15, 0.2) is 6.04 Å². The third-order valence-corrected chi connectivity index (χ3v) is 5.42. The van der Waals surface area contributed by atoms with Crippen LogP contribution in [0.4, 0.5) is 0 Å². The monoisotopic (exact) mass is 413 g/mol. The summed E-state index contributed by atoms with van der Waals surface area (Å²) in [6, 6.07) is 4.23. The molecular weight excluding hydrogens is 390 g/mol. The summed E-state index contributed by atoms with van der Waals surface area (Å²) in [5, 5.41) is 2.34. The molecule has 2 atom stereocenters. The van der Waals surface area contributed by atoms with E-state index < -0.39 is 41.4 Å². The molecule has 0 N–H and O–H groups in total. The molecule has 0 unspecified atom stereocenters. The predicted octanol–water partition coefficient (Wildman–Crippen LogP) is 1.13. The molecule has 0 saturated carbocycles. The number of ether oxygens (including phenoxy) is 1. The van der Waals surface area contributed by atoms with Gasteiger partial charge in [0.2, 0.25) is 5.91 Å². The highest BCUT2D eigenvalue weighted by Gasteiger charge is 2.52. The maximum absolute atomic E-state index is 13.5. The number of hydrogen-bond acceptors (Lipinski definition) is 6. The zero-order valence-corrected chi connectivity index (χ0v) is 17.1. The standard InChI is InChI=1S/C21H23N3O6/c1-21(2,3)30-20(29)15-10-11-22-16(25)9-8-14(19(28)24(15)22)23-17(26)12-6-4-5-7-13(12)18(23)27/h4-7,14-15H,8-11H2,1-3H3/t14-,15+/m0/s1. The second-order valence-electron chi connectivity index (χ2n) is 8.62. The van der Waals surface area contributed by atoms with Crippen molar-refractivity contribution in [3.63, 3.8) is 0 Å². The van der Waals surface area contributed by atoms with Crippen molar-refractivity contribution in [2.75, 3.05) is 6.54 Å². The van der Waals surface area contributed by atoms with E-state index in [0.717, 1.165) is 9.91 Å². The summed E-state index contributed by atoms with van der Waals surface area (Å²) in [5.74, 6) is -2.70. The van der Waals surface area contributed by atoms with Crippen LogP contribution in [0.3, 0.4) is 0 Å². The Kier molecular flexibility index (Phi) is 4.63. The molecule has 0 aliphatic carbocycles. The summed E-state index contributed by atoms with van der Waals surface area (Å²) in [6.45, 7) is 5.35. The largest absolute Gasteiger partial charge is 0.458 e. The van der Waals surface area contributed by atoms with Gasteiger partial charge in [-0.05, 0) is 39.3 Å². The summed E-state index contributed by atoms with van der Waals surface area (Å²) in [6.07, 6.45) is 0.236. The van der Waals surface area contributed by atoms with Crippen LogP contribution in [0.5, 0.6) is 0 Å². The molecule has 9 nitrogen and oxygen atoms in total. The summed E-state index contributed by atoms with van der Waals surface area (Å²) in [5.41, 5.74) is -0.300. The predicted molar refractivity (Wildman–Crippen MR) is 103 cm³/mol. The number of hydrogen-bond donors (Lipinski definition) is 0. The Morgan fingerprint density at radius 3 is 2.17 bits per heavy atom. The first-order chi connectivity index (χ1) is 14.1. The summed E-state index contributed by atoms with van der Waals surface area (Å²) < 4.78 is 5.43. The molecule has 3 aliphatic rings. The third kappa shape index (κ3) is 3.14. The molecule has 2 saturated heterocycles. The van der Waals surface area contributed by atoms with Gasteiger partial charge in [-0.25, -0.2) is 9.80 Å². The van der Waals surface area contributed by atoms with Crippen LogP contribution in [-0.2, 0) is 19.1 Å². The van der Waals surface area contributed by atoms with E-state index in [4.69, 9.17) is 4.74 Å². The second kappa shape index (κ2) is 6.93. The Hall–Kier alpha value is -3.23. The number of nitrogens with zero attached hydrogens (tertiary/aromatic N) is 3. The minimum atomic E-state index is -1.16. The van der Waals surface area contributed by atoms with Crippen molar-refractivity contribution in [2.45, 2.75) is 57.7 Å². The molecule has 3 aliphatic heterocycles. The van der Waals surface area contributed by atoms with Gasteiger partial charge in [0, 0.05) is 19.4 Å². The Morgan fingerprint density at radius 1 is 1.00 bits per heavy atom. The fraction of sp³-hybridized carbons (Fsp3) is 0.476. The molecule has 0 aromatic heterocycles. The van der Waals surface area contributed by atoms with Gasteiger partial charge in [0.25, 0.3) is 17.7 Å². The van der Waals surface area contributed by atoms with Gasteiger partial charge >= 0.3 is 5.97 Å². The maximum atomic E-state index is 13.5. The van der Waals surface area contributed by atoms with Gasteiger partial charge < -0.3 is 4.74 Å². The Balaban J connectivity index is 1.67. The van der Waals surface area contributed by atoms with Crippen molar-refractivity contribution in [1.82, 2.24) is 14.9 Å². The van der Waals surface area contributed by atoms with Crippen LogP contribution in [0, 0.1) is 0 Å². The van der Waals surface area contributed by atoms with E-state index in [1.54, 1.807) is 32.9 Å². The van der Waals surface area contributed by atoms with Crippen molar-refractivity contribution < 1.29 is 28.7 Å². The molecule has 1 aromatic rings. The number of carbonyl (C=O) groups is 5. The number of benzene rings is 1. The number of imide groups is 1. The van der Waals surface area contributed by atoms with Crippen molar-refractivity contribution in [3.8, 4) is 0 Å². The highest BCUT2D eigenvalue weighted by molar-refractivity contribution is 6.23. The van der Waals surface area contributed by atoms with Gasteiger partial charge in [-0.3, -0.25) is 29.1 Å². The number of carbonyl (C=O) groups excluding carboxylic acids is 5. The Morgan fingerprint density at radius 2 is 1.60 bits per heavy atom. The Bertz CT molecular complexity index is 931. The number of hydrazine groups is 1. The normalized spacial score (nSPS) is 24.2.